The topological polar surface area (TPSA) is 154 Å². The molecule has 2 saturated heterocycles. The largest absolute Gasteiger partial charge is 0.494 e. The Labute approximate surface area is 218 Å². The highest BCUT2D eigenvalue weighted by molar-refractivity contribution is 7.93. The van der Waals surface area contributed by atoms with E-state index in [1.165, 1.54) is 23.7 Å². The summed E-state index contributed by atoms with van der Waals surface area (Å²) in [6.07, 6.45) is 2.07. The standard InChI is InChI=1S/C23H28FN7O6S/c1-35-17-5-3-6-18(36-2)20(17)31-21(19-7-4-8-37-19)27-28-23(31)29-38(33,34)16-9-15(32)12-30(13-16)22-25-10-14(24)11-26-22/h3,5-6,10-11,15-16,19,32H,4,7-9,12-13H2,1-2H3,(H,28,29)/t15-,16+,19?/m0/s1. The number of ether oxygens (including phenoxy) is 3. The van der Waals surface area contributed by atoms with E-state index in [1.807, 2.05) is 0 Å². The van der Waals surface area contributed by atoms with Crippen LogP contribution in [0.1, 0.15) is 31.2 Å². The molecule has 38 heavy (non-hydrogen) atoms. The number of hydrogen-bond acceptors (Lipinski definition) is 11. The number of para-hydroxylation sites is 1. The Bertz CT molecular complexity index is 1360. The van der Waals surface area contributed by atoms with Crippen LogP contribution in [0.15, 0.2) is 30.6 Å². The third-order valence-electron chi connectivity index (χ3n) is 6.48. The number of rotatable bonds is 8. The van der Waals surface area contributed by atoms with E-state index in [2.05, 4.69) is 24.9 Å². The average molecular weight is 550 g/mol. The van der Waals surface area contributed by atoms with Crippen LogP contribution in [0.3, 0.4) is 0 Å². The van der Waals surface area contributed by atoms with Crippen LogP contribution in [0, 0.1) is 5.82 Å². The Balaban J connectivity index is 1.51. The van der Waals surface area contributed by atoms with Gasteiger partial charge in [-0.25, -0.2) is 22.8 Å². The molecule has 0 aliphatic carbocycles. The summed E-state index contributed by atoms with van der Waals surface area (Å²) in [5.74, 6) is 0.641. The summed E-state index contributed by atoms with van der Waals surface area (Å²) < 4.78 is 61.6. The van der Waals surface area contributed by atoms with E-state index < -0.39 is 33.3 Å². The van der Waals surface area contributed by atoms with Gasteiger partial charge in [0.2, 0.25) is 21.9 Å². The first-order chi connectivity index (χ1) is 18.3. The fraction of sp³-hybridized carbons (Fsp3) is 0.478. The highest BCUT2D eigenvalue weighted by Crippen LogP contribution is 2.39. The van der Waals surface area contributed by atoms with Crippen molar-refractivity contribution in [1.29, 1.82) is 0 Å². The van der Waals surface area contributed by atoms with Crippen molar-refractivity contribution in [2.45, 2.75) is 36.7 Å². The lowest BCUT2D eigenvalue weighted by Crippen LogP contribution is -2.50. The molecule has 0 spiro atoms. The van der Waals surface area contributed by atoms with Gasteiger partial charge in [-0.15, -0.1) is 10.2 Å². The van der Waals surface area contributed by atoms with Crippen molar-refractivity contribution in [3.63, 3.8) is 0 Å². The zero-order valence-corrected chi connectivity index (χ0v) is 21.6. The summed E-state index contributed by atoms with van der Waals surface area (Å²) in [5.41, 5.74) is 0.413. The van der Waals surface area contributed by atoms with Crippen LogP contribution in [0.2, 0.25) is 0 Å². The van der Waals surface area contributed by atoms with E-state index >= 15 is 0 Å². The van der Waals surface area contributed by atoms with Gasteiger partial charge in [0.15, 0.2) is 11.6 Å². The van der Waals surface area contributed by atoms with Crippen LogP contribution in [0.25, 0.3) is 5.69 Å². The first kappa shape index (κ1) is 26.1. The van der Waals surface area contributed by atoms with E-state index in [1.54, 1.807) is 18.2 Å². The molecule has 15 heteroatoms. The fourth-order valence-corrected chi connectivity index (χ4v) is 6.12. The Kier molecular flexibility index (Phi) is 7.32. The van der Waals surface area contributed by atoms with Gasteiger partial charge >= 0.3 is 0 Å². The van der Waals surface area contributed by atoms with Crippen molar-refractivity contribution in [3.8, 4) is 17.2 Å². The molecule has 2 N–H and O–H groups in total. The summed E-state index contributed by atoms with van der Waals surface area (Å²) in [6, 6.07) is 5.18. The number of nitrogens with zero attached hydrogens (tertiary/aromatic N) is 6. The number of β-amino-alcohol motifs (C(OH)–C–C–N with tert-alkyl or cyclic N) is 1. The number of nitrogens with one attached hydrogen (secondary N) is 1. The molecule has 3 aromatic rings. The molecule has 2 fully saturated rings. The van der Waals surface area contributed by atoms with Gasteiger partial charge in [-0.2, -0.15) is 0 Å². The SMILES string of the molecule is COc1cccc(OC)c1-n1c(NS(=O)(=O)[C@@H]2C[C@H](O)CN(c3ncc(F)cn3)C2)nnc1C1CCCO1. The molecule has 13 nitrogen and oxygen atoms in total. The van der Waals surface area contributed by atoms with Crippen molar-refractivity contribution >= 4 is 21.9 Å². The lowest BCUT2D eigenvalue weighted by molar-refractivity contribution is 0.103. The predicted octanol–water partition coefficient (Wildman–Crippen LogP) is 1.45. The Hall–Kier alpha value is -3.56. The molecule has 0 saturated carbocycles. The van der Waals surface area contributed by atoms with Crippen LogP contribution >= 0.6 is 0 Å². The van der Waals surface area contributed by atoms with Gasteiger partial charge in [-0.05, 0) is 31.4 Å². The molecule has 0 radical (unpaired) electrons. The maximum absolute atomic E-state index is 13.6. The van der Waals surface area contributed by atoms with Crippen molar-refractivity contribution in [1.82, 2.24) is 24.7 Å². The number of hydrogen-bond donors (Lipinski definition) is 2. The third kappa shape index (κ3) is 5.08. The van der Waals surface area contributed by atoms with Gasteiger partial charge in [-0.3, -0.25) is 9.29 Å². The zero-order valence-electron chi connectivity index (χ0n) is 20.8. The van der Waals surface area contributed by atoms with E-state index in [0.717, 1.165) is 18.8 Å². The zero-order chi connectivity index (χ0) is 26.9. The summed E-state index contributed by atoms with van der Waals surface area (Å²) in [5, 5.41) is 17.8. The van der Waals surface area contributed by atoms with E-state index in [9.17, 15) is 17.9 Å². The highest BCUT2D eigenvalue weighted by atomic mass is 32.2. The first-order valence-corrected chi connectivity index (χ1v) is 13.6. The lowest BCUT2D eigenvalue weighted by atomic mass is 10.1. The van der Waals surface area contributed by atoms with Crippen molar-refractivity contribution < 1.29 is 32.1 Å². The molecular formula is C23H28FN7O6S. The smallest absolute Gasteiger partial charge is 0.243 e. The maximum atomic E-state index is 13.6. The Morgan fingerprint density at radius 2 is 1.84 bits per heavy atom. The second kappa shape index (κ2) is 10.7. The molecule has 204 valence electrons. The minimum absolute atomic E-state index is 0.0251. The maximum Gasteiger partial charge on any atom is 0.243 e. The van der Waals surface area contributed by atoms with E-state index in [0.29, 0.717) is 36.0 Å². The number of aromatic nitrogens is 5. The molecule has 2 aliphatic heterocycles. The Morgan fingerprint density at radius 1 is 1.13 bits per heavy atom. The third-order valence-corrected chi connectivity index (χ3v) is 8.17. The van der Waals surface area contributed by atoms with Crippen LogP contribution < -0.4 is 19.1 Å². The summed E-state index contributed by atoms with van der Waals surface area (Å²) in [4.78, 5) is 9.35. The quantitative estimate of drug-likeness (QED) is 0.420. The molecule has 1 unspecified atom stereocenters. The number of halogens is 1. The number of benzene rings is 1. The second-order valence-electron chi connectivity index (χ2n) is 8.99. The number of methoxy groups -OCH3 is 2. The number of anilines is 2. The minimum atomic E-state index is -4.13. The molecule has 2 aliphatic rings. The number of aliphatic hydroxyl groups excluding tert-OH is 1. The van der Waals surface area contributed by atoms with Crippen LogP contribution in [-0.2, 0) is 14.8 Å². The molecule has 5 rings (SSSR count). The predicted molar refractivity (Wildman–Crippen MR) is 134 cm³/mol. The minimum Gasteiger partial charge on any atom is -0.494 e. The van der Waals surface area contributed by atoms with Gasteiger partial charge in [0, 0.05) is 19.7 Å². The summed E-state index contributed by atoms with van der Waals surface area (Å²) >= 11 is 0. The van der Waals surface area contributed by atoms with E-state index in [4.69, 9.17) is 14.2 Å². The molecule has 2 aromatic heterocycles. The average Bonchev–Trinajstić information content (AvgIpc) is 3.58. The fourth-order valence-electron chi connectivity index (χ4n) is 4.72. The summed E-state index contributed by atoms with van der Waals surface area (Å²) in [6.45, 7) is 0.626. The van der Waals surface area contributed by atoms with Gasteiger partial charge in [0.05, 0.1) is 32.7 Å². The molecule has 0 bridgehead atoms. The number of sulfonamides is 1. The van der Waals surface area contributed by atoms with Gasteiger partial charge in [0.25, 0.3) is 0 Å². The van der Waals surface area contributed by atoms with E-state index in [-0.39, 0.29) is 31.4 Å². The molecule has 0 amide bonds. The van der Waals surface area contributed by atoms with Crippen molar-refractivity contribution in [2.75, 3.05) is 43.5 Å². The van der Waals surface area contributed by atoms with Crippen molar-refractivity contribution in [2.24, 2.45) is 0 Å². The van der Waals surface area contributed by atoms with Gasteiger partial charge in [0.1, 0.15) is 28.5 Å². The number of piperidine rings is 1. The monoisotopic (exact) mass is 549 g/mol. The lowest BCUT2D eigenvalue weighted by Gasteiger charge is -2.35. The molecule has 1 aromatic carbocycles. The summed E-state index contributed by atoms with van der Waals surface area (Å²) in [7, 11) is -1.14. The molecule has 4 heterocycles. The van der Waals surface area contributed by atoms with Crippen LogP contribution in [0.4, 0.5) is 16.3 Å². The van der Waals surface area contributed by atoms with Gasteiger partial charge < -0.3 is 24.2 Å². The van der Waals surface area contributed by atoms with Crippen molar-refractivity contribution in [3.05, 3.63) is 42.2 Å². The van der Waals surface area contributed by atoms with Gasteiger partial charge in [-0.1, -0.05) is 6.07 Å². The Morgan fingerprint density at radius 3 is 2.47 bits per heavy atom. The van der Waals surface area contributed by atoms with Crippen LogP contribution in [0.5, 0.6) is 11.5 Å². The molecule has 3 atom stereocenters. The molecular weight excluding hydrogens is 521 g/mol. The van der Waals surface area contributed by atoms with Crippen LogP contribution in [-0.4, -0.2) is 83.5 Å². The highest BCUT2D eigenvalue weighted by Gasteiger charge is 2.38. The second-order valence-corrected chi connectivity index (χ2v) is 11.0. The normalized spacial score (nSPS) is 21.9. The first-order valence-electron chi connectivity index (χ1n) is 12.0. The number of aliphatic hydroxyl groups is 1.